The lowest BCUT2D eigenvalue weighted by atomic mass is 10.0. The Labute approximate surface area is 131 Å². The lowest BCUT2D eigenvalue weighted by Crippen LogP contribution is -2.26. The van der Waals surface area contributed by atoms with Gasteiger partial charge in [0.1, 0.15) is 0 Å². The minimum Gasteiger partial charge on any atom is -0.305 e. The summed E-state index contributed by atoms with van der Waals surface area (Å²) in [6, 6.07) is 0.0311. The molecule has 0 saturated carbocycles. The highest BCUT2D eigenvalue weighted by atomic mass is 35.5. The van der Waals surface area contributed by atoms with Crippen LogP contribution in [0.4, 0.5) is 0 Å². The molecule has 0 amide bonds. The molecule has 116 valence electrons. The maximum absolute atomic E-state index is 6.40. The van der Waals surface area contributed by atoms with Crippen molar-refractivity contribution in [1.82, 2.24) is 24.9 Å². The second-order valence-electron chi connectivity index (χ2n) is 5.14. The molecule has 2 aromatic rings. The molecule has 6 heteroatoms. The first kappa shape index (κ1) is 16.0. The third-order valence-electron chi connectivity index (χ3n) is 3.59. The third kappa shape index (κ3) is 3.30. The highest BCUT2D eigenvalue weighted by molar-refractivity contribution is 6.31. The molecule has 1 unspecified atom stereocenters. The Morgan fingerprint density at radius 1 is 1.33 bits per heavy atom. The molecule has 0 radical (unpaired) electrons. The second kappa shape index (κ2) is 7.09. The lowest BCUT2D eigenvalue weighted by Gasteiger charge is -2.20. The number of nitrogens with zero attached hydrogens (tertiary/aromatic N) is 4. The molecule has 0 fully saturated rings. The Bertz CT molecular complexity index is 587. The molecule has 0 spiro atoms. The first-order chi connectivity index (χ1) is 10.1. The van der Waals surface area contributed by atoms with E-state index in [1.807, 2.05) is 16.4 Å². The molecule has 21 heavy (non-hydrogen) atoms. The molecular weight excluding hydrogens is 286 g/mol. The second-order valence-corrected chi connectivity index (χ2v) is 5.55. The van der Waals surface area contributed by atoms with Gasteiger partial charge in [0.05, 0.1) is 28.6 Å². The summed E-state index contributed by atoms with van der Waals surface area (Å²) < 4.78 is 3.83. The molecule has 5 nitrogen and oxygen atoms in total. The minimum atomic E-state index is 0.0311. The van der Waals surface area contributed by atoms with Gasteiger partial charge in [-0.1, -0.05) is 25.4 Å². The largest absolute Gasteiger partial charge is 0.305 e. The molecule has 0 aliphatic carbocycles. The molecule has 2 heterocycles. The van der Waals surface area contributed by atoms with Gasteiger partial charge in [0.2, 0.25) is 0 Å². The van der Waals surface area contributed by atoms with Crippen LogP contribution in [0.15, 0.2) is 12.4 Å². The van der Waals surface area contributed by atoms with E-state index in [2.05, 4.69) is 42.5 Å². The van der Waals surface area contributed by atoms with Crippen molar-refractivity contribution in [2.24, 2.45) is 7.05 Å². The fourth-order valence-electron chi connectivity index (χ4n) is 2.62. The van der Waals surface area contributed by atoms with Gasteiger partial charge in [0, 0.05) is 25.4 Å². The van der Waals surface area contributed by atoms with Crippen LogP contribution in [0, 0.1) is 0 Å². The smallest absolute Gasteiger partial charge is 0.0837 e. The van der Waals surface area contributed by atoms with E-state index in [1.54, 1.807) is 6.20 Å². The van der Waals surface area contributed by atoms with Gasteiger partial charge in [0.25, 0.3) is 0 Å². The maximum Gasteiger partial charge on any atom is 0.0837 e. The molecule has 1 atom stereocenters. The van der Waals surface area contributed by atoms with Gasteiger partial charge >= 0.3 is 0 Å². The van der Waals surface area contributed by atoms with Gasteiger partial charge in [0.15, 0.2) is 0 Å². The van der Waals surface area contributed by atoms with E-state index in [4.69, 9.17) is 11.6 Å². The zero-order chi connectivity index (χ0) is 15.4. The van der Waals surface area contributed by atoms with Gasteiger partial charge in [-0.25, -0.2) is 0 Å². The van der Waals surface area contributed by atoms with Crippen molar-refractivity contribution >= 4 is 11.6 Å². The van der Waals surface area contributed by atoms with E-state index in [-0.39, 0.29) is 6.04 Å². The van der Waals surface area contributed by atoms with Crippen molar-refractivity contribution in [3.05, 3.63) is 34.4 Å². The van der Waals surface area contributed by atoms with Crippen LogP contribution in [-0.2, 0) is 20.0 Å². The summed E-state index contributed by atoms with van der Waals surface area (Å²) in [5, 5.41) is 13.2. The van der Waals surface area contributed by atoms with Crippen molar-refractivity contribution in [3.63, 3.8) is 0 Å². The number of aryl methyl sites for hydroxylation is 3. The van der Waals surface area contributed by atoms with Crippen molar-refractivity contribution in [3.8, 4) is 0 Å². The number of rotatable bonds is 7. The van der Waals surface area contributed by atoms with Crippen LogP contribution < -0.4 is 5.32 Å². The third-order valence-corrected chi connectivity index (χ3v) is 3.88. The maximum atomic E-state index is 6.40. The molecule has 1 N–H and O–H groups in total. The van der Waals surface area contributed by atoms with Crippen LogP contribution in [0.25, 0.3) is 0 Å². The van der Waals surface area contributed by atoms with Gasteiger partial charge in [-0.2, -0.15) is 10.2 Å². The molecule has 0 saturated heterocycles. The Balaban J connectivity index is 2.49. The fraction of sp³-hybridized carbons (Fsp3) is 0.600. The molecule has 0 bridgehead atoms. The lowest BCUT2D eigenvalue weighted by molar-refractivity contribution is 0.527. The number of aromatic nitrogens is 4. The first-order valence-electron chi connectivity index (χ1n) is 7.59. The SMILES string of the molecule is CCCNC(c1cn(C)nc1CC)c1c(Cl)cnn1CC. The summed E-state index contributed by atoms with van der Waals surface area (Å²) in [6.07, 6.45) is 5.77. The predicted molar refractivity (Wildman–Crippen MR) is 85.6 cm³/mol. The molecular formula is C15H24ClN5. The summed E-state index contributed by atoms with van der Waals surface area (Å²) in [5.74, 6) is 0. The van der Waals surface area contributed by atoms with E-state index in [1.165, 1.54) is 5.56 Å². The zero-order valence-corrected chi connectivity index (χ0v) is 14.0. The van der Waals surface area contributed by atoms with E-state index >= 15 is 0 Å². The number of hydrogen-bond acceptors (Lipinski definition) is 3. The van der Waals surface area contributed by atoms with Crippen molar-refractivity contribution in [2.75, 3.05) is 6.54 Å². The van der Waals surface area contributed by atoms with E-state index in [9.17, 15) is 0 Å². The molecule has 2 aromatic heterocycles. The van der Waals surface area contributed by atoms with Crippen LogP contribution >= 0.6 is 11.6 Å². The zero-order valence-electron chi connectivity index (χ0n) is 13.2. The first-order valence-corrected chi connectivity index (χ1v) is 7.97. The predicted octanol–water partition coefficient (Wildman–Crippen LogP) is 2.94. The summed E-state index contributed by atoms with van der Waals surface area (Å²) in [7, 11) is 1.96. The number of hydrogen-bond donors (Lipinski definition) is 1. The Morgan fingerprint density at radius 3 is 2.71 bits per heavy atom. The summed E-state index contributed by atoms with van der Waals surface area (Å²) in [4.78, 5) is 0. The van der Waals surface area contributed by atoms with Crippen molar-refractivity contribution in [2.45, 2.75) is 46.2 Å². The minimum absolute atomic E-state index is 0.0311. The number of nitrogens with one attached hydrogen (secondary N) is 1. The van der Waals surface area contributed by atoms with Gasteiger partial charge in [-0.3, -0.25) is 9.36 Å². The fourth-order valence-corrected chi connectivity index (χ4v) is 2.87. The van der Waals surface area contributed by atoms with Gasteiger partial charge in [-0.15, -0.1) is 0 Å². The van der Waals surface area contributed by atoms with Crippen LogP contribution in [0.2, 0.25) is 5.02 Å². The Hall–Kier alpha value is -1.33. The highest BCUT2D eigenvalue weighted by Crippen LogP contribution is 2.30. The normalized spacial score (nSPS) is 12.8. The quantitative estimate of drug-likeness (QED) is 0.855. The van der Waals surface area contributed by atoms with Crippen molar-refractivity contribution < 1.29 is 0 Å². The standard InChI is InChI=1S/C15H24ClN5/c1-5-8-17-14(11-10-20(4)19-13(11)6-2)15-12(16)9-18-21(15)7-3/h9-10,14,17H,5-8H2,1-4H3. The summed E-state index contributed by atoms with van der Waals surface area (Å²) in [6.45, 7) is 8.09. The summed E-state index contributed by atoms with van der Waals surface area (Å²) >= 11 is 6.40. The topological polar surface area (TPSA) is 47.7 Å². The highest BCUT2D eigenvalue weighted by Gasteiger charge is 2.25. The molecule has 2 rings (SSSR count). The van der Waals surface area contributed by atoms with Gasteiger partial charge in [-0.05, 0) is 26.3 Å². The van der Waals surface area contributed by atoms with Crippen LogP contribution in [0.3, 0.4) is 0 Å². The number of halogens is 1. The van der Waals surface area contributed by atoms with E-state index in [0.29, 0.717) is 5.02 Å². The molecule has 0 aromatic carbocycles. The van der Waals surface area contributed by atoms with Crippen LogP contribution in [0.1, 0.15) is 50.2 Å². The Morgan fingerprint density at radius 2 is 2.10 bits per heavy atom. The monoisotopic (exact) mass is 309 g/mol. The molecule has 0 aliphatic heterocycles. The average Bonchev–Trinajstić information content (AvgIpc) is 3.03. The van der Waals surface area contributed by atoms with Crippen molar-refractivity contribution in [1.29, 1.82) is 0 Å². The van der Waals surface area contributed by atoms with Crippen LogP contribution in [-0.4, -0.2) is 26.1 Å². The summed E-state index contributed by atoms with van der Waals surface area (Å²) in [5.41, 5.74) is 3.31. The Kier molecular flexibility index (Phi) is 5.42. The van der Waals surface area contributed by atoms with E-state index < -0.39 is 0 Å². The van der Waals surface area contributed by atoms with E-state index in [0.717, 1.165) is 37.3 Å². The van der Waals surface area contributed by atoms with Crippen LogP contribution in [0.5, 0.6) is 0 Å². The van der Waals surface area contributed by atoms with Gasteiger partial charge < -0.3 is 5.32 Å². The average molecular weight is 310 g/mol. The molecule has 0 aliphatic rings.